The van der Waals surface area contributed by atoms with Gasteiger partial charge in [-0.25, -0.2) is 0 Å². The lowest BCUT2D eigenvalue weighted by Crippen LogP contribution is -2.66. The van der Waals surface area contributed by atoms with E-state index in [4.69, 9.17) is 55.0 Å². The molecule has 13 nitrogen and oxygen atoms in total. The van der Waals surface area contributed by atoms with E-state index in [9.17, 15) is 0 Å². The average Bonchev–Trinajstić information content (AvgIpc) is 0.748. The predicted molar refractivity (Wildman–Crippen MR) is 531 cm³/mol. The van der Waals surface area contributed by atoms with Crippen LogP contribution in [0.2, 0.25) is 118 Å². The van der Waals surface area contributed by atoms with Crippen molar-refractivity contribution in [2.45, 2.75) is 438 Å². The topological polar surface area (TPSA) is 128 Å². The monoisotopic (exact) mass is 1800 g/mol. The Morgan fingerprint density at radius 3 is 1.50 bits per heavy atom. The number of allylic oxidation sites excluding steroid dienone is 1. The molecule has 2 fully saturated rings. The van der Waals surface area contributed by atoms with Crippen LogP contribution in [0.5, 0.6) is 0 Å². The van der Waals surface area contributed by atoms with E-state index >= 15 is 4.79 Å². The van der Waals surface area contributed by atoms with E-state index in [0.717, 1.165) is 17.2 Å². The van der Waals surface area contributed by atoms with Crippen LogP contribution in [0.4, 0.5) is 0 Å². The Balaban J connectivity index is 1.67. The molecule has 2 saturated heterocycles. The van der Waals surface area contributed by atoms with E-state index in [0.29, 0.717) is 118 Å². The zero-order chi connectivity index (χ0) is 91.8. The van der Waals surface area contributed by atoms with Gasteiger partial charge in [0.05, 0.1) is 62.5 Å². The van der Waals surface area contributed by atoms with Crippen LogP contribution in [0.3, 0.4) is 0 Å². The van der Waals surface area contributed by atoms with E-state index in [1.807, 2.05) is 7.11 Å². The first-order valence-electron chi connectivity index (χ1n) is 46.9. The second-order valence-electron chi connectivity index (χ2n) is 46.1. The van der Waals surface area contributed by atoms with Crippen LogP contribution in [-0.4, -0.2) is 159 Å². The number of methoxy groups -OCH3 is 1. The smallest absolute Gasteiger partial charge is 0.261 e. The summed E-state index contributed by atoms with van der Waals surface area (Å²) in [5, 5.41) is 2.14. The highest BCUT2D eigenvalue weighted by atomic mass is 28.4. The van der Waals surface area contributed by atoms with Crippen molar-refractivity contribution in [2.75, 3.05) is 40.3 Å². The lowest BCUT2D eigenvalue weighted by Gasteiger charge is -2.56. The van der Waals surface area contributed by atoms with Crippen LogP contribution in [0.25, 0.3) is 0 Å². The number of hydrogen-bond acceptors (Lipinski definition) is 13. The van der Waals surface area contributed by atoms with Crippen LogP contribution >= 0.6 is 0 Å². The quantitative estimate of drug-likeness (QED) is 0.0230. The Kier molecular flexibility index (Phi) is 40.5. The fourth-order valence-corrected chi connectivity index (χ4v) is 39.0. The van der Waals surface area contributed by atoms with Gasteiger partial charge in [-0.2, -0.15) is 0 Å². The molecule has 0 amide bonds. The second-order valence-corrected chi connectivity index (χ2v) is 81.2. The van der Waals surface area contributed by atoms with E-state index in [1.54, 1.807) is 0 Å². The number of rotatable bonds is 48. The van der Waals surface area contributed by atoms with E-state index in [-0.39, 0.29) is 81.9 Å². The summed E-state index contributed by atoms with van der Waals surface area (Å²) in [6.45, 7) is 90.9. The maximum atomic E-state index is 16.0. The van der Waals surface area contributed by atoms with Crippen molar-refractivity contribution in [3.8, 4) is 0 Å². The van der Waals surface area contributed by atoms with E-state index in [1.165, 1.54) is 15.9 Å². The molecule has 692 valence electrons. The van der Waals surface area contributed by atoms with Crippen molar-refractivity contribution in [3.63, 3.8) is 0 Å². The summed E-state index contributed by atoms with van der Waals surface area (Å²) < 4.78 is 88.4. The van der Waals surface area contributed by atoms with Crippen LogP contribution in [0, 0.1) is 10.8 Å². The Bertz CT molecular complexity index is 3570. The van der Waals surface area contributed by atoms with Crippen molar-refractivity contribution in [1.82, 2.24) is 0 Å². The SMILES string of the molecule is CO[C@@]1(C[C@@H]2C/C(=C/CO[Si](C(C)C)(C(C)C)C(C)C)C[C@H](/C=C/C(C)(C)C(=O)C/C(=C/CO[Si](C(C)C)(C(C)C)C(C)C)C[C@@H](C[C@@H](OCOCC[Si](C)(C)C)[C@@H](C)O[Si](C)(C)C(C)(C)C)O[Si](C)(C)C(C)(C)C)O2)O[C@H](C[C@H](CCO[Si](c2ccccc2)(c2ccccc2)C(C)(C)C)O[Si](C)(C)C(C)(C)C)C[C@H](OCc2ccccc2)C1(C)C. The molecule has 121 heavy (non-hydrogen) atoms. The summed E-state index contributed by atoms with van der Waals surface area (Å²) in [5.41, 5.74) is 4.21. The molecule has 0 spiro atoms. The Hall–Kier alpha value is -2.41. The summed E-state index contributed by atoms with van der Waals surface area (Å²) in [4.78, 5) is 16.0. The molecule has 3 aromatic carbocycles. The molecule has 0 radical (unpaired) electrons. The van der Waals surface area contributed by atoms with E-state index in [2.05, 4.69) is 375 Å². The Morgan fingerprint density at radius 1 is 0.562 bits per heavy atom. The molecular weight excluding hydrogens is 1620 g/mol. The molecule has 5 rings (SSSR count). The van der Waals surface area contributed by atoms with Crippen molar-refractivity contribution in [2.24, 2.45) is 10.8 Å². The van der Waals surface area contributed by atoms with Gasteiger partial charge in [0.2, 0.25) is 16.6 Å². The maximum absolute atomic E-state index is 16.0. The molecule has 2 aliphatic rings. The van der Waals surface area contributed by atoms with Gasteiger partial charge in [0.1, 0.15) is 12.6 Å². The molecule has 0 aromatic heterocycles. The summed E-state index contributed by atoms with van der Waals surface area (Å²) in [6, 6.07) is 33.5. The number of hydrogen-bond donors (Lipinski definition) is 0. The van der Waals surface area contributed by atoms with Gasteiger partial charge in [-0.1, -0.05) is 326 Å². The minimum atomic E-state index is -2.90. The number of ether oxygens (including phenoxy) is 6. The van der Waals surface area contributed by atoms with Crippen LogP contribution < -0.4 is 10.4 Å². The van der Waals surface area contributed by atoms with Gasteiger partial charge in [0.15, 0.2) is 30.7 Å². The molecule has 2 aliphatic heterocycles. The zero-order valence-corrected chi connectivity index (χ0v) is 91.7. The maximum Gasteiger partial charge on any atom is 0.261 e. The Morgan fingerprint density at radius 2 is 1.03 bits per heavy atom. The van der Waals surface area contributed by atoms with Gasteiger partial charge in [-0.05, 0) is 168 Å². The number of carbonyl (C=O) groups excluding carboxylic acids is 1. The zero-order valence-electron chi connectivity index (χ0n) is 84.7. The first kappa shape index (κ1) is 109. The summed E-state index contributed by atoms with van der Waals surface area (Å²) in [5.74, 6) is -1.09. The number of Topliss-reactive ketones (excluding diaryl/α,β-unsaturated/α-hetero) is 1. The van der Waals surface area contributed by atoms with Crippen molar-refractivity contribution < 1.29 is 59.8 Å². The van der Waals surface area contributed by atoms with Gasteiger partial charge in [-0.3, -0.25) is 4.79 Å². The van der Waals surface area contributed by atoms with Crippen LogP contribution in [0.15, 0.2) is 126 Å². The van der Waals surface area contributed by atoms with Gasteiger partial charge < -0.3 is 55.0 Å². The largest absolute Gasteiger partial charge is 0.414 e. The van der Waals surface area contributed by atoms with Gasteiger partial charge in [-0.15, -0.1) is 0 Å². The molecule has 0 unspecified atom stereocenters. The minimum Gasteiger partial charge on any atom is -0.414 e. The molecule has 2 heterocycles. The lowest BCUT2D eigenvalue weighted by molar-refractivity contribution is -0.362. The summed E-state index contributed by atoms with van der Waals surface area (Å²) in [6.07, 6.45) is 11.4. The third-order valence-electron chi connectivity index (χ3n) is 29.1. The first-order valence-corrected chi connectivity index (χ1v) is 65.5. The number of benzene rings is 3. The van der Waals surface area contributed by atoms with Crippen molar-refractivity contribution in [1.29, 1.82) is 0 Å². The summed E-state index contributed by atoms with van der Waals surface area (Å²) >= 11 is 0. The molecule has 9 atom stereocenters. The number of carbonyl (C=O) groups is 1. The van der Waals surface area contributed by atoms with Crippen molar-refractivity contribution >= 4 is 74.1 Å². The highest BCUT2D eigenvalue weighted by molar-refractivity contribution is 6.99. The van der Waals surface area contributed by atoms with E-state index < -0.39 is 80.7 Å². The standard InChI is InChI=1S/C101H182O13Si7/c1-75(2)119(76(3)4,77(5)6)107-60-56-83-65-85(55-59-99(26,27)93(102)68-84(57-61-108-120(78(7)8,79(9)10)80(11)12)66-88(114-118(38,39)97(20,21)22)70-92(106-74-104-63-64-115(31,32)33)81(13)112-116(34,35)95(14,15)16)110-89(67-83)72-101(103-30)100(28,29)94(105-73-82-49-43-40-44-50-82)71-87(111-101)69-86(113-117(36,37)96(17,18)19)58-62-109-121(98(23,24)25,90-51-45-41-46-52-90)91-53-47-42-48-54-91/h40-57,59,75-81,85-89,92,94H,58,60-74H2,1-39H3/b59-55+,83-56+,84-57+/t81-,85+,86+,87-,88+,89+,92-,94+,101+/m1/s1. The second kappa shape index (κ2) is 44.9. The average molecular weight is 1800 g/mol. The van der Waals surface area contributed by atoms with Gasteiger partial charge in [0, 0.05) is 71.0 Å². The Labute approximate surface area is 750 Å². The molecule has 20 heteroatoms. The highest BCUT2D eigenvalue weighted by Gasteiger charge is 2.60. The normalized spacial score (nSPS) is 21.1. The highest BCUT2D eigenvalue weighted by Crippen LogP contribution is 2.53. The minimum absolute atomic E-state index is 0.0171. The fraction of sp³-hybridized carbons (Fsp3) is 0.752. The van der Waals surface area contributed by atoms with Crippen LogP contribution in [-0.2, 0) is 66.4 Å². The predicted octanol–water partition coefficient (Wildman–Crippen LogP) is 27.5. The van der Waals surface area contributed by atoms with Crippen LogP contribution in [0.1, 0.15) is 264 Å². The molecule has 0 aliphatic carbocycles. The van der Waals surface area contributed by atoms with Crippen molar-refractivity contribution in [3.05, 3.63) is 132 Å². The first-order chi connectivity index (χ1) is 55.5. The number of ketones is 1. The fourth-order valence-electron chi connectivity index (χ4n) is 18.8. The molecule has 0 bridgehead atoms. The molecule has 0 saturated carbocycles. The third kappa shape index (κ3) is 29.3. The third-order valence-corrected chi connectivity index (χ3v) is 61.7. The van der Waals surface area contributed by atoms with Gasteiger partial charge >= 0.3 is 0 Å². The lowest BCUT2D eigenvalue weighted by atomic mass is 9.70. The molecule has 3 aromatic rings. The molecular formula is C101H182O13Si7. The molecule has 0 N–H and O–H groups in total. The van der Waals surface area contributed by atoms with Gasteiger partial charge in [0.25, 0.3) is 8.32 Å². The summed E-state index contributed by atoms with van der Waals surface area (Å²) in [7, 11) is -14.2.